The highest BCUT2D eigenvalue weighted by Gasteiger charge is 2.26. The lowest BCUT2D eigenvalue weighted by atomic mass is 9.84. The molecule has 124 valence electrons. The summed E-state index contributed by atoms with van der Waals surface area (Å²) in [5.41, 5.74) is 5.53. The van der Waals surface area contributed by atoms with E-state index in [-0.39, 0.29) is 0 Å². The molecule has 2 saturated heterocycles. The van der Waals surface area contributed by atoms with Crippen LogP contribution in [0.25, 0.3) is 0 Å². The van der Waals surface area contributed by atoms with Gasteiger partial charge < -0.3 is 21.3 Å². The Balaban J connectivity index is 1.64. The molecule has 0 aromatic rings. The third-order valence-electron chi connectivity index (χ3n) is 5.52. The first-order valence-electron chi connectivity index (χ1n) is 9.13. The van der Waals surface area contributed by atoms with E-state index < -0.39 is 0 Å². The Hall–Kier alpha value is -0.160. The molecule has 4 nitrogen and oxygen atoms in total. The van der Waals surface area contributed by atoms with Crippen LogP contribution in [-0.2, 0) is 0 Å². The molecular formula is C17H36N4. The van der Waals surface area contributed by atoms with Crippen molar-refractivity contribution in [2.75, 3.05) is 52.4 Å². The van der Waals surface area contributed by atoms with Gasteiger partial charge in [-0.05, 0) is 82.6 Å². The van der Waals surface area contributed by atoms with Crippen LogP contribution in [0, 0.1) is 17.8 Å². The Kier molecular flexibility index (Phi) is 8.01. The lowest BCUT2D eigenvalue weighted by Gasteiger charge is -2.38. The van der Waals surface area contributed by atoms with Crippen molar-refractivity contribution in [1.29, 1.82) is 0 Å². The van der Waals surface area contributed by atoms with Crippen LogP contribution < -0.4 is 16.4 Å². The average Bonchev–Trinajstić information content (AvgIpc) is 2.53. The fraction of sp³-hybridized carbons (Fsp3) is 1.00. The third kappa shape index (κ3) is 6.23. The molecule has 0 amide bonds. The summed E-state index contributed by atoms with van der Waals surface area (Å²) in [6.07, 6.45) is 6.88. The van der Waals surface area contributed by atoms with Crippen molar-refractivity contribution in [3.8, 4) is 0 Å². The number of hydrogen-bond acceptors (Lipinski definition) is 4. The van der Waals surface area contributed by atoms with Gasteiger partial charge in [0.25, 0.3) is 0 Å². The highest BCUT2D eigenvalue weighted by atomic mass is 15.1. The number of nitrogens with two attached hydrogens (primary N) is 1. The lowest BCUT2D eigenvalue weighted by Crippen LogP contribution is -2.42. The van der Waals surface area contributed by atoms with Gasteiger partial charge in [0, 0.05) is 19.6 Å². The minimum Gasteiger partial charge on any atom is -0.329 e. The zero-order valence-corrected chi connectivity index (χ0v) is 13.9. The van der Waals surface area contributed by atoms with Crippen LogP contribution in [0.2, 0.25) is 0 Å². The van der Waals surface area contributed by atoms with Gasteiger partial charge >= 0.3 is 0 Å². The van der Waals surface area contributed by atoms with Crippen molar-refractivity contribution < 1.29 is 0 Å². The first-order valence-corrected chi connectivity index (χ1v) is 9.13. The molecule has 4 N–H and O–H groups in total. The minimum atomic E-state index is 0.753. The number of rotatable bonds is 8. The Morgan fingerprint density at radius 2 is 1.95 bits per heavy atom. The van der Waals surface area contributed by atoms with Crippen LogP contribution in [0.1, 0.15) is 39.0 Å². The van der Waals surface area contributed by atoms with Crippen LogP contribution in [0.4, 0.5) is 0 Å². The molecule has 2 aliphatic heterocycles. The number of hydrogen-bond donors (Lipinski definition) is 3. The number of nitrogens with zero attached hydrogens (tertiary/aromatic N) is 1. The molecule has 2 fully saturated rings. The molecule has 2 rings (SSSR count). The first-order chi connectivity index (χ1) is 10.3. The van der Waals surface area contributed by atoms with E-state index in [0.29, 0.717) is 0 Å². The molecule has 0 saturated carbocycles. The summed E-state index contributed by atoms with van der Waals surface area (Å²) in [6, 6.07) is 0. The topological polar surface area (TPSA) is 53.3 Å². The van der Waals surface area contributed by atoms with E-state index in [4.69, 9.17) is 5.73 Å². The van der Waals surface area contributed by atoms with E-state index in [1.54, 1.807) is 0 Å². The predicted octanol–water partition coefficient (Wildman–Crippen LogP) is 1.27. The van der Waals surface area contributed by atoms with E-state index in [1.807, 2.05) is 0 Å². The summed E-state index contributed by atoms with van der Waals surface area (Å²) in [7, 11) is 0. The maximum absolute atomic E-state index is 5.53. The van der Waals surface area contributed by atoms with Crippen LogP contribution in [0.15, 0.2) is 0 Å². The van der Waals surface area contributed by atoms with Gasteiger partial charge in [-0.15, -0.1) is 0 Å². The van der Waals surface area contributed by atoms with Crippen LogP contribution >= 0.6 is 0 Å². The van der Waals surface area contributed by atoms with Gasteiger partial charge in [0.05, 0.1) is 0 Å². The molecule has 0 aromatic carbocycles. The lowest BCUT2D eigenvalue weighted by molar-refractivity contribution is 0.113. The standard InChI is InChI=1S/C17H36N4/c1-15-5-12-21(13-6-16-2-8-19-9-3-16)14-17(15)4-10-20-11-7-18/h15-17,19-20H,2-14,18H2,1H3. The van der Waals surface area contributed by atoms with Gasteiger partial charge in [-0.25, -0.2) is 0 Å². The number of likely N-dealkylation sites (tertiary alicyclic amines) is 1. The Bertz CT molecular complexity index is 266. The van der Waals surface area contributed by atoms with E-state index in [1.165, 1.54) is 64.8 Å². The van der Waals surface area contributed by atoms with Crippen LogP contribution in [0.5, 0.6) is 0 Å². The predicted molar refractivity (Wildman–Crippen MR) is 90.5 cm³/mol. The quantitative estimate of drug-likeness (QED) is 0.591. The monoisotopic (exact) mass is 296 g/mol. The average molecular weight is 297 g/mol. The highest BCUT2D eigenvalue weighted by Crippen LogP contribution is 2.26. The molecular weight excluding hydrogens is 260 g/mol. The van der Waals surface area contributed by atoms with Crippen molar-refractivity contribution >= 4 is 0 Å². The SMILES string of the molecule is CC1CCN(CCC2CCNCC2)CC1CCNCCN. The number of nitrogens with one attached hydrogen (secondary N) is 2. The van der Waals surface area contributed by atoms with Gasteiger partial charge in [0.2, 0.25) is 0 Å². The molecule has 0 radical (unpaired) electrons. The van der Waals surface area contributed by atoms with Crippen molar-refractivity contribution in [3.05, 3.63) is 0 Å². The normalized spacial score (nSPS) is 28.9. The van der Waals surface area contributed by atoms with E-state index in [0.717, 1.165) is 37.4 Å². The molecule has 2 atom stereocenters. The van der Waals surface area contributed by atoms with Crippen LogP contribution in [0.3, 0.4) is 0 Å². The zero-order chi connectivity index (χ0) is 14.9. The van der Waals surface area contributed by atoms with Crippen molar-refractivity contribution in [3.63, 3.8) is 0 Å². The van der Waals surface area contributed by atoms with Crippen molar-refractivity contribution in [1.82, 2.24) is 15.5 Å². The fourth-order valence-electron chi connectivity index (χ4n) is 3.85. The largest absolute Gasteiger partial charge is 0.329 e. The molecule has 0 bridgehead atoms. The second-order valence-electron chi connectivity index (χ2n) is 7.14. The summed E-state index contributed by atoms with van der Waals surface area (Å²) in [5, 5.41) is 6.92. The molecule has 2 heterocycles. The van der Waals surface area contributed by atoms with Crippen LogP contribution in [-0.4, -0.2) is 57.3 Å². The Labute approximate surface area is 131 Å². The second kappa shape index (κ2) is 9.78. The molecule has 0 aliphatic carbocycles. The molecule has 2 unspecified atom stereocenters. The summed E-state index contributed by atoms with van der Waals surface area (Å²) in [5.74, 6) is 2.73. The number of piperidine rings is 2. The van der Waals surface area contributed by atoms with Gasteiger partial charge in [-0.3, -0.25) is 0 Å². The summed E-state index contributed by atoms with van der Waals surface area (Å²) in [6.45, 7) is 11.7. The van der Waals surface area contributed by atoms with E-state index >= 15 is 0 Å². The first kappa shape index (κ1) is 17.2. The van der Waals surface area contributed by atoms with Crippen molar-refractivity contribution in [2.45, 2.75) is 39.0 Å². The van der Waals surface area contributed by atoms with Gasteiger partial charge in [-0.2, -0.15) is 0 Å². The summed E-state index contributed by atoms with van der Waals surface area (Å²) in [4.78, 5) is 2.73. The second-order valence-corrected chi connectivity index (χ2v) is 7.14. The van der Waals surface area contributed by atoms with Crippen molar-refractivity contribution in [2.24, 2.45) is 23.5 Å². The Morgan fingerprint density at radius 1 is 1.14 bits per heavy atom. The smallest absolute Gasteiger partial charge is 0.00745 e. The maximum Gasteiger partial charge on any atom is 0.00745 e. The van der Waals surface area contributed by atoms with Gasteiger partial charge in [0.15, 0.2) is 0 Å². The van der Waals surface area contributed by atoms with Gasteiger partial charge in [-0.1, -0.05) is 6.92 Å². The zero-order valence-electron chi connectivity index (χ0n) is 13.9. The fourth-order valence-corrected chi connectivity index (χ4v) is 3.85. The molecule has 2 aliphatic rings. The minimum absolute atomic E-state index is 0.753. The van der Waals surface area contributed by atoms with Gasteiger partial charge in [0.1, 0.15) is 0 Å². The summed E-state index contributed by atoms with van der Waals surface area (Å²) >= 11 is 0. The maximum atomic E-state index is 5.53. The third-order valence-corrected chi connectivity index (χ3v) is 5.52. The molecule has 21 heavy (non-hydrogen) atoms. The highest BCUT2D eigenvalue weighted by molar-refractivity contribution is 4.80. The molecule has 4 heteroatoms. The van der Waals surface area contributed by atoms with E-state index in [9.17, 15) is 0 Å². The summed E-state index contributed by atoms with van der Waals surface area (Å²) < 4.78 is 0. The Morgan fingerprint density at radius 3 is 2.71 bits per heavy atom. The molecule has 0 spiro atoms. The molecule has 0 aromatic heterocycles. The van der Waals surface area contributed by atoms with E-state index in [2.05, 4.69) is 22.5 Å².